The molecule has 136 valence electrons. The van der Waals surface area contributed by atoms with Gasteiger partial charge >= 0.3 is 0 Å². The molecule has 0 radical (unpaired) electrons. The SMILES string of the molecule is CCn1nnnc1-c1cccc(C(=O)NCc2nc3ccccc3n2C)c1. The van der Waals surface area contributed by atoms with Gasteiger partial charge in [0.15, 0.2) is 5.82 Å². The highest BCUT2D eigenvalue weighted by atomic mass is 16.1. The second-order valence-corrected chi connectivity index (χ2v) is 6.16. The predicted molar refractivity (Wildman–Crippen MR) is 101 cm³/mol. The van der Waals surface area contributed by atoms with Gasteiger partial charge < -0.3 is 9.88 Å². The van der Waals surface area contributed by atoms with E-state index in [9.17, 15) is 4.79 Å². The van der Waals surface area contributed by atoms with Crippen molar-refractivity contribution in [2.45, 2.75) is 20.0 Å². The Morgan fingerprint density at radius 1 is 1.15 bits per heavy atom. The summed E-state index contributed by atoms with van der Waals surface area (Å²) in [4.78, 5) is 17.2. The monoisotopic (exact) mass is 361 g/mol. The molecule has 1 amide bonds. The number of rotatable bonds is 5. The van der Waals surface area contributed by atoms with E-state index in [2.05, 4.69) is 25.8 Å². The summed E-state index contributed by atoms with van der Waals surface area (Å²) >= 11 is 0. The second kappa shape index (κ2) is 6.99. The minimum Gasteiger partial charge on any atom is -0.345 e. The van der Waals surface area contributed by atoms with Gasteiger partial charge in [-0.25, -0.2) is 9.67 Å². The number of aryl methyl sites for hydroxylation is 2. The second-order valence-electron chi connectivity index (χ2n) is 6.16. The summed E-state index contributed by atoms with van der Waals surface area (Å²) in [7, 11) is 1.95. The largest absolute Gasteiger partial charge is 0.345 e. The topological polar surface area (TPSA) is 90.5 Å². The van der Waals surface area contributed by atoms with Crippen molar-refractivity contribution in [3.8, 4) is 11.4 Å². The van der Waals surface area contributed by atoms with Crippen LogP contribution in [-0.2, 0) is 20.1 Å². The number of nitrogens with one attached hydrogen (secondary N) is 1. The first-order valence-corrected chi connectivity index (χ1v) is 8.72. The number of hydrogen-bond acceptors (Lipinski definition) is 5. The van der Waals surface area contributed by atoms with Crippen LogP contribution in [0.3, 0.4) is 0 Å². The van der Waals surface area contributed by atoms with Gasteiger partial charge in [-0.05, 0) is 41.6 Å². The molecule has 4 aromatic rings. The molecule has 0 bridgehead atoms. The van der Waals surface area contributed by atoms with Crippen molar-refractivity contribution in [3.63, 3.8) is 0 Å². The summed E-state index contributed by atoms with van der Waals surface area (Å²) in [5, 5.41) is 14.6. The number of tetrazole rings is 1. The number of aromatic nitrogens is 6. The third kappa shape index (κ3) is 3.17. The van der Waals surface area contributed by atoms with Crippen molar-refractivity contribution in [1.29, 1.82) is 0 Å². The van der Waals surface area contributed by atoms with E-state index in [0.717, 1.165) is 22.4 Å². The molecular formula is C19H19N7O. The van der Waals surface area contributed by atoms with Crippen LogP contribution in [-0.4, -0.2) is 35.7 Å². The third-order valence-electron chi connectivity index (χ3n) is 4.50. The van der Waals surface area contributed by atoms with E-state index in [1.54, 1.807) is 16.8 Å². The lowest BCUT2D eigenvalue weighted by Crippen LogP contribution is -2.24. The summed E-state index contributed by atoms with van der Waals surface area (Å²) in [5.41, 5.74) is 3.31. The van der Waals surface area contributed by atoms with Gasteiger partial charge in [-0.3, -0.25) is 4.79 Å². The fraction of sp³-hybridized carbons (Fsp3) is 0.211. The molecular weight excluding hydrogens is 342 g/mol. The minimum absolute atomic E-state index is 0.167. The van der Waals surface area contributed by atoms with E-state index in [-0.39, 0.29) is 5.91 Å². The van der Waals surface area contributed by atoms with Crippen LogP contribution >= 0.6 is 0 Å². The van der Waals surface area contributed by atoms with Gasteiger partial charge in [0.1, 0.15) is 5.82 Å². The smallest absolute Gasteiger partial charge is 0.251 e. The molecule has 8 nitrogen and oxygen atoms in total. The lowest BCUT2D eigenvalue weighted by Gasteiger charge is -2.07. The highest BCUT2D eigenvalue weighted by molar-refractivity contribution is 5.95. The summed E-state index contributed by atoms with van der Waals surface area (Å²) in [6, 6.07) is 15.2. The molecule has 2 aromatic carbocycles. The quantitative estimate of drug-likeness (QED) is 0.588. The maximum Gasteiger partial charge on any atom is 0.251 e. The Morgan fingerprint density at radius 3 is 2.81 bits per heavy atom. The molecule has 27 heavy (non-hydrogen) atoms. The number of amides is 1. The molecule has 0 fully saturated rings. The van der Waals surface area contributed by atoms with Crippen LogP contribution in [0.2, 0.25) is 0 Å². The molecule has 0 unspecified atom stereocenters. The third-order valence-corrected chi connectivity index (χ3v) is 4.50. The summed E-state index contributed by atoms with van der Waals surface area (Å²) < 4.78 is 3.68. The standard InChI is InChI=1S/C19H19N7O/c1-3-26-18(22-23-24-26)13-7-6-8-14(11-13)19(27)20-12-17-21-15-9-4-5-10-16(15)25(17)2/h4-11H,3,12H2,1-2H3,(H,20,27). The van der Waals surface area contributed by atoms with Crippen LogP contribution in [0.25, 0.3) is 22.4 Å². The number of imidazole rings is 1. The first kappa shape index (κ1) is 16.9. The fourth-order valence-electron chi connectivity index (χ4n) is 3.04. The summed E-state index contributed by atoms with van der Waals surface area (Å²) in [6.07, 6.45) is 0. The maximum atomic E-state index is 12.6. The molecule has 4 rings (SSSR count). The molecule has 1 N–H and O–H groups in total. The fourth-order valence-corrected chi connectivity index (χ4v) is 3.04. The highest BCUT2D eigenvalue weighted by Gasteiger charge is 2.13. The number of para-hydroxylation sites is 2. The van der Waals surface area contributed by atoms with Crippen LogP contribution in [0.5, 0.6) is 0 Å². The Hall–Kier alpha value is -3.55. The van der Waals surface area contributed by atoms with Crippen LogP contribution in [0.15, 0.2) is 48.5 Å². The minimum atomic E-state index is -0.167. The van der Waals surface area contributed by atoms with Gasteiger partial charge in [0, 0.05) is 24.7 Å². The highest BCUT2D eigenvalue weighted by Crippen LogP contribution is 2.18. The van der Waals surface area contributed by atoms with Gasteiger partial charge in [0.25, 0.3) is 5.91 Å². The average Bonchev–Trinajstić information content (AvgIpc) is 3.31. The zero-order chi connectivity index (χ0) is 18.8. The van der Waals surface area contributed by atoms with E-state index in [0.29, 0.717) is 24.5 Å². The van der Waals surface area contributed by atoms with Crippen LogP contribution in [0, 0.1) is 0 Å². The lowest BCUT2D eigenvalue weighted by atomic mass is 10.1. The summed E-state index contributed by atoms with van der Waals surface area (Å²) in [6.45, 7) is 2.97. The first-order valence-electron chi connectivity index (χ1n) is 8.72. The first-order chi connectivity index (χ1) is 13.2. The molecule has 0 atom stereocenters. The average molecular weight is 361 g/mol. The van der Waals surface area contributed by atoms with E-state index in [1.807, 2.05) is 54.9 Å². The Bertz CT molecular complexity index is 1110. The van der Waals surface area contributed by atoms with Crippen molar-refractivity contribution >= 4 is 16.9 Å². The number of fused-ring (bicyclic) bond motifs is 1. The van der Waals surface area contributed by atoms with Gasteiger partial charge in [-0.2, -0.15) is 0 Å². The van der Waals surface area contributed by atoms with Gasteiger partial charge in [-0.1, -0.05) is 24.3 Å². The van der Waals surface area contributed by atoms with E-state index in [4.69, 9.17) is 0 Å². The number of carbonyl (C=O) groups is 1. The molecule has 0 spiro atoms. The van der Waals surface area contributed by atoms with Crippen LogP contribution < -0.4 is 5.32 Å². The molecule has 0 aliphatic rings. The Balaban J connectivity index is 1.53. The zero-order valence-corrected chi connectivity index (χ0v) is 15.1. The number of nitrogens with zero attached hydrogens (tertiary/aromatic N) is 6. The molecule has 2 aromatic heterocycles. The Labute approximate surface area is 155 Å². The van der Waals surface area contributed by atoms with Gasteiger partial charge in [0.05, 0.1) is 17.6 Å². The summed E-state index contributed by atoms with van der Waals surface area (Å²) in [5.74, 6) is 1.28. The Kier molecular flexibility index (Phi) is 4.37. The predicted octanol–water partition coefficient (Wildman–Crippen LogP) is 2.18. The van der Waals surface area contributed by atoms with Crippen LogP contribution in [0.1, 0.15) is 23.1 Å². The van der Waals surface area contributed by atoms with Crippen molar-refractivity contribution in [2.75, 3.05) is 0 Å². The van der Waals surface area contributed by atoms with Crippen molar-refractivity contribution in [1.82, 2.24) is 35.1 Å². The lowest BCUT2D eigenvalue weighted by molar-refractivity contribution is 0.0949. The normalized spacial score (nSPS) is 11.0. The van der Waals surface area contributed by atoms with Gasteiger partial charge in [-0.15, -0.1) is 5.10 Å². The molecule has 0 aliphatic carbocycles. The number of benzene rings is 2. The molecule has 0 saturated heterocycles. The van der Waals surface area contributed by atoms with Crippen molar-refractivity contribution < 1.29 is 4.79 Å². The molecule has 2 heterocycles. The van der Waals surface area contributed by atoms with E-state index in [1.165, 1.54) is 0 Å². The van der Waals surface area contributed by atoms with Crippen molar-refractivity contribution in [3.05, 3.63) is 59.9 Å². The zero-order valence-electron chi connectivity index (χ0n) is 15.1. The van der Waals surface area contributed by atoms with Crippen LogP contribution in [0.4, 0.5) is 0 Å². The van der Waals surface area contributed by atoms with E-state index < -0.39 is 0 Å². The maximum absolute atomic E-state index is 12.6. The van der Waals surface area contributed by atoms with Gasteiger partial charge in [0.2, 0.25) is 0 Å². The number of hydrogen-bond donors (Lipinski definition) is 1. The van der Waals surface area contributed by atoms with E-state index >= 15 is 0 Å². The number of carbonyl (C=O) groups excluding carboxylic acids is 1. The Morgan fingerprint density at radius 2 is 2.00 bits per heavy atom. The molecule has 0 saturated carbocycles. The molecule has 0 aliphatic heterocycles. The van der Waals surface area contributed by atoms with Crippen molar-refractivity contribution in [2.24, 2.45) is 7.05 Å². The molecule has 8 heteroatoms.